The van der Waals surface area contributed by atoms with Crippen molar-refractivity contribution in [2.45, 2.75) is 51.6 Å². The van der Waals surface area contributed by atoms with E-state index in [2.05, 4.69) is 5.10 Å². The maximum absolute atomic E-state index is 12.4. The van der Waals surface area contributed by atoms with E-state index in [1.807, 2.05) is 18.9 Å². The molecule has 1 aromatic rings. The van der Waals surface area contributed by atoms with Crippen LogP contribution in [0.2, 0.25) is 0 Å². The van der Waals surface area contributed by atoms with Crippen LogP contribution in [-0.4, -0.2) is 33.7 Å². The maximum Gasteiger partial charge on any atom is 0.272 e. The summed E-state index contributed by atoms with van der Waals surface area (Å²) in [5.41, 5.74) is 6.27. The van der Waals surface area contributed by atoms with Crippen molar-refractivity contribution in [1.29, 1.82) is 0 Å². The van der Waals surface area contributed by atoms with Crippen molar-refractivity contribution in [3.8, 4) is 0 Å². The van der Waals surface area contributed by atoms with Gasteiger partial charge in [0.05, 0.1) is 0 Å². The lowest BCUT2D eigenvalue weighted by Gasteiger charge is -2.31. The SMILES string of the molecule is CCn1nc(N)cc1C(=O)N(C)C1CCCCC1. The molecule has 18 heavy (non-hydrogen) atoms. The summed E-state index contributed by atoms with van der Waals surface area (Å²) in [7, 11) is 1.89. The third-order valence-electron chi connectivity index (χ3n) is 3.76. The molecule has 0 aliphatic heterocycles. The Morgan fingerprint density at radius 2 is 2.17 bits per heavy atom. The Kier molecular flexibility index (Phi) is 3.89. The van der Waals surface area contributed by atoms with Crippen molar-refractivity contribution in [3.05, 3.63) is 11.8 Å². The van der Waals surface area contributed by atoms with Gasteiger partial charge in [0, 0.05) is 25.7 Å². The zero-order valence-corrected chi connectivity index (χ0v) is 11.2. The molecule has 0 saturated heterocycles. The highest BCUT2D eigenvalue weighted by atomic mass is 16.2. The fourth-order valence-corrected chi connectivity index (χ4v) is 2.66. The fraction of sp³-hybridized carbons (Fsp3) is 0.692. The molecule has 1 amide bonds. The number of carbonyl (C=O) groups excluding carboxylic acids is 1. The smallest absolute Gasteiger partial charge is 0.272 e. The molecule has 0 radical (unpaired) electrons. The Labute approximate surface area is 108 Å². The Hall–Kier alpha value is -1.52. The largest absolute Gasteiger partial charge is 0.382 e. The predicted octanol–water partition coefficient (Wildman–Crippen LogP) is 1.89. The highest BCUT2D eigenvalue weighted by Gasteiger charge is 2.25. The second kappa shape index (κ2) is 5.42. The van der Waals surface area contributed by atoms with Crippen molar-refractivity contribution in [2.75, 3.05) is 12.8 Å². The number of hydrogen-bond acceptors (Lipinski definition) is 3. The molecule has 1 heterocycles. The van der Waals surface area contributed by atoms with E-state index in [0.29, 0.717) is 24.1 Å². The molecular weight excluding hydrogens is 228 g/mol. The van der Waals surface area contributed by atoms with E-state index in [4.69, 9.17) is 5.73 Å². The molecule has 1 aromatic heterocycles. The van der Waals surface area contributed by atoms with Crippen LogP contribution in [0.25, 0.3) is 0 Å². The fourth-order valence-electron chi connectivity index (χ4n) is 2.66. The number of aromatic nitrogens is 2. The van der Waals surface area contributed by atoms with Gasteiger partial charge in [-0.05, 0) is 19.8 Å². The number of anilines is 1. The van der Waals surface area contributed by atoms with Gasteiger partial charge in [-0.2, -0.15) is 5.10 Å². The summed E-state index contributed by atoms with van der Waals surface area (Å²) in [6.07, 6.45) is 5.95. The van der Waals surface area contributed by atoms with Crippen LogP contribution in [0.5, 0.6) is 0 Å². The standard InChI is InChI=1S/C13H22N4O/c1-3-17-11(9-12(14)15-17)13(18)16(2)10-7-5-4-6-8-10/h9-10H,3-8H2,1-2H3,(H2,14,15). The van der Waals surface area contributed by atoms with E-state index in [-0.39, 0.29) is 5.91 Å². The molecule has 1 saturated carbocycles. The summed E-state index contributed by atoms with van der Waals surface area (Å²) >= 11 is 0. The lowest BCUT2D eigenvalue weighted by atomic mass is 9.94. The van der Waals surface area contributed by atoms with Crippen LogP contribution in [-0.2, 0) is 6.54 Å². The molecule has 0 bridgehead atoms. The number of nitrogen functional groups attached to an aromatic ring is 1. The predicted molar refractivity (Wildman–Crippen MR) is 71.3 cm³/mol. The molecule has 1 aliphatic rings. The molecule has 100 valence electrons. The molecule has 2 rings (SSSR count). The molecule has 2 N–H and O–H groups in total. The van der Waals surface area contributed by atoms with Gasteiger partial charge in [0.25, 0.3) is 5.91 Å². The first-order chi connectivity index (χ1) is 8.63. The van der Waals surface area contributed by atoms with Crippen LogP contribution in [0.15, 0.2) is 6.07 Å². The Morgan fingerprint density at radius 3 is 2.78 bits per heavy atom. The van der Waals surface area contributed by atoms with Crippen molar-refractivity contribution in [2.24, 2.45) is 0 Å². The Balaban J connectivity index is 2.13. The van der Waals surface area contributed by atoms with E-state index >= 15 is 0 Å². The summed E-state index contributed by atoms with van der Waals surface area (Å²) in [5.74, 6) is 0.449. The normalized spacial score (nSPS) is 16.8. The number of aryl methyl sites for hydroxylation is 1. The van der Waals surface area contributed by atoms with Gasteiger partial charge in [-0.3, -0.25) is 9.48 Å². The molecular formula is C13H22N4O. The first kappa shape index (κ1) is 12.9. The van der Waals surface area contributed by atoms with Gasteiger partial charge in [-0.1, -0.05) is 19.3 Å². The molecule has 0 aromatic carbocycles. The molecule has 0 spiro atoms. The van der Waals surface area contributed by atoms with Crippen molar-refractivity contribution in [1.82, 2.24) is 14.7 Å². The van der Waals surface area contributed by atoms with Crippen molar-refractivity contribution in [3.63, 3.8) is 0 Å². The summed E-state index contributed by atoms with van der Waals surface area (Å²) in [4.78, 5) is 14.3. The minimum Gasteiger partial charge on any atom is -0.382 e. The monoisotopic (exact) mass is 250 g/mol. The number of rotatable bonds is 3. The number of amides is 1. The zero-order valence-electron chi connectivity index (χ0n) is 11.2. The number of nitrogens with two attached hydrogens (primary N) is 1. The zero-order chi connectivity index (χ0) is 13.1. The number of hydrogen-bond donors (Lipinski definition) is 1. The third-order valence-corrected chi connectivity index (χ3v) is 3.76. The molecule has 5 nitrogen and oxygen atoms in total. The first-order valence-corrected chi connectivity index (χ1v) is 6.74. The minimum atomic E-state index is 0.0351. The Morgan fingerprint density at radius 1 is 1.50 bits per heavy atom. The average molecular weight is 250 g/mol. The molecule has 0 atom stereocenters. The Bertz CT molecular complexity index is 421. The van der Waals surface area contributed by atoms with Gasteiger partial charge in [-0.15, -0.1) is 0 Å². The second-order valence-corrected chi connectivity index (χ2v) is 4.98. The van der Waals surface area contributed by atoms with E-state index in [0.717, 1.165) is 12.8 Å². The lowest BCUT2D eigenvalue weighted by Crippen LogP contribution is -2.39. The van der Waals surface area contributed by atoms with E-state index < -0.39 is 0 Å². The van der Waals surface area contributed by atoms with Crippen LogP contribution in [0.3, 0.4) is 0 Å². The van der Waals surface area contributed by atoms with Crippen molar-refractivity contribution < 1.29 is 4.79 Å². The van der Waals surface area contributed by atoms with E-state index in [1.165, 1.54) is 19.3 Å². The maximum atomic E-state index is 12.4. The van der Waals surface area contributed by atoms with E-state index in [1.54, 1.807) is 10.7 Å². The van der Waals surface area contributed by atoms with Gasteiger partial charge in [0.1, 0.15) is 11.5 Å². The first-order valence-electron chi connectivity index (χ1n) is 6.74. The summed E-state index contributed by atoms with van der Waals surface area (Å²) < 4.78 is 1.68. The van der Waals surface area contributed by atoms with Crippen molar-refractivity contribution >= 4 is 11.7 Å². The average Bonchev–Trinajstić information content (AvgIpc) is 2.79. The minimum absolute atomic E-state index is 0.0351. The second-order valence-electron chi connectivity index (χ2n) is 4.98. The van der Waals surface area contributed by atoms with Crippen LogP contribution in [0, 0.1) is 0 Å². The van der Waals surface area contributed by atoms with Gasteiger partial charge in [0.15, 0.2) is 0 Å². The third kappa shape index (κ3) is 2.49. The van der Waals surface area contributed by atoms with Gasteiger partial charge >= 0.3 is 0 Å². The van der Waals surface area contributed by atoms with E-state index in [9.17, 15) is 4.79 Å². The topological polar surface area (TPSA) is 64.2 Å². The highest BCUT2D eigenvalue weighted by molar-refractivity contribution is 5.93. The molecule has 1 fully saturated rings. The van der Waals surface area contributed by atoms with Gasteiger partial charge < -0.3 is 10.6 Å². The number of nitrogens with zero attached hydrogens (tertiary/aromatic N) is 3. The molecule has 0 unspecified atom stereocenters. The van der Waals surface area contributed by atoms with Crippen LogP contribution in [0.1, 0.15) is 49.5 Å². The van der Waals surface area contributed by atoms with Crippen LogP contribution in [0.4, 0.5) is 5.82 Å². The highest BCUT2D eigenvalue weighted by Crippen LogP contribution is 2.23. The summed E-state index contributed by atoms with van der Waals surface area (Å²) in [5, 5.41) is 4.12. The summed E-state index contributed by atoms with van der Waals surface area (Å²) in [6, 6.07) is 2.04. The lowest BCUT2D eigenvalue weighted by molar-refractivity contribution is 0.0683. The van der Waals surface area contributed by atoms with Crippen LogP contribution >= 0.6 is 0 Å². The quantitative estimate of drug-likeness (QED) is 0.891. The molecule has 5 heteroatoms. The molecule has 1 aliphatic carbocycles. The summed E-state index contributed by atoms with van der Waals surface area (Å²) in [6.45, 7) is 2.63. The van der Waals surface area contributed by atoms with Gasteiger partial charge in [-0.25, -0.2) is 0 Å². The number of carbonyl (C=O) groups is 1. The van der Waals surface area contributed by atoms with Crippen LogP contribution < -0.4 is 5.73 Å². The van der Waals surface area contributed by atoms with Gasteiger partial charge in [0.2, 0.25) is 0 Å².